The highest BCUT2D eigenvalue weighted by molar-refractivity contribution is 6.39. The summed E-state index contributed by atoms with van der Waals surface area (Å²) in [4.78, 5) is 35.9. The van der Waals surface area contributed by atoms with Crippen molar-refractivity contribution in [2.45, 2.75) is 59.0 Å². The molecule has 2 amide bonds. The number of nitrogens with one attached hydrogen (secondary N) is 2. The first-order chi connectivity index (χ1) is 11.4. The van der Waals surface area contributed by atoms with Gasteiger partial charge < -0.3 is 15.2 Å². The molecular weight excluding hydrogens is 306 g/mol. The van der Waals surface area contributed by atoms with E-state index in [-0.39, 0.29) is 11.6 Å². The van der Waals surface area contributed by atoms with Crippen LogP contribution in [0.5, 0.6) is 0 Å². The van der Waals surface area contributed by atoms with E-state index in [2.05, 4.69) is 24.5 Å². The monoisotopic (exact) mass is 333 g/mol. The maximum Gasteiger partial charge on any atom is 0.313 e. The molecule has 0 aromatic carbocycles. The van der Waals surface area contributed by atoms with Gasteiger partial charge in [-0.25, -0.2) is 0 Å². The van der Waals surface area contributed by atoms with Gasteiger partial charge in [-0.15, -0.1) is 0 Å². The number of hydrogen-bond donors (Lipinski definition) is 2. The summed E-state index contributed by atoms with van der Waals surface area (Å²) in [6, 6.07) is 2.95. The van der Waals surface area contributed by atoms with Gasteiger partial charge in [-0.05, 0) is 37.7 Å². The van der Waals surface area contributed by atoms with E-state index in [0.717, 1.165) is 19.3 Å². The number of anilines is 1. The molecule has 2 rings (SSSR count). The minimum absolute atomic E-state index is 0.0570. The van der Waals surface area contributed by atoms with Gasteiger partial charge in [0.05, 0.1) is 5.69 Å². The number of carbonyl (C=O) groups excluding carboxylic acids is 2. The molecule has 24 heavy (non-hydrogen) atoms. The Bertz CT molecular complexity index is 651. The van der Waals surface area contributed by atoms with Crippen molar-refractivity contribution in [1.82, 2.24) is 9.88 Å². The van der Waals surface area contributed by atoms with Crippen molar-refractivity contribution in [2.75, 3.05) is 5.32 Å². The number of aryl methyl sites for hydroxylation is 1. The molecule has 0 saturated heterocycles. The Hall–Kier alpha value is -2.11. The molecule has 1 aliphatic rings. The summed E-state index contributed by atoms with van der Waals surface area (Å²) in [5.41, 5.74) is 0.308. The van der Waals surface area contributed by atoms with Gasteiger partial charge in [-0.1, -0.05) is 26.7 Å². The van der Waals surface area contributed by atoms with Crippen molar-refractivity contribution in [3.8, 4) is 0 Å². The van der Waals surface area contributed by atoms with Crippen molar-refractivity contribution in [3.05, 3.63) is 28.7 Å². The quantitative estimate of drug-likeness (QED) is 0.829. The Morgan fingerprint density at radius 2 is 1.92 bits per heavy atom. The molecule has 1 fully saturated rings. The molecule has 1 aromatic rings. The Morgan fingerprint density at radius 3 is 2.58 bits per heavy atom. The third-order valence-electron chi connectivity index (χ3n) is 4.78. The first-order valence-corrected chi connectivity index (χ1v) is 8.74. The SMILES string of the molecule is CCn1cc(NC(=O)C(=O)N[C@H]2CCCC[C@@H]2C(C)C)ccc1=O. The number of aromatic nitrogens is 1. The van der Waals surface area contributed by atoms with Crippen LogP contribution < -0.4 is 16.2 Å². The maximum absolute atomic E-state index is 12.2. The maximum atomic E-state index is 12.2. The lowest BCUT2D eigenvalue weighted by Crippen LogP contribution is -2.47. The molecule has 0 unspecified atom stereocenters. The number of pyridine rings is 1. The summed E-state index contributed by atoms with van der Waals surface area (Å²) in [5, 5.41) is 5.46. The molecule has 2 N–H and O–H groups in total. The van der Waals surface area contributed by atoms with Crippen molar-refractivity contribution in [2.24, 2.45) is 11.8 Å². The molecular formula is C18H27N3O3. The van der Waals surface area contributed by atoms with Crippen LogP contribution in [-0.2, 0) is 16.1 Å². The Balaban J connectivity index is 1.99. The normalized spacial score (nSPS) is 20.7. The lowest BCUT2D eigenvalue weighted by atomic mass is 9.78. The second-order valence-electron chi connectivity index (χ2n) is 6.77. The van der Waals surface area contributed by atoms with Gasteiger partial charge in [0.25, 0.3) is 5.56 Å². The first kappa shape index (κ1) is 18.2. The molecule has 1 saturated carbocycles. The molecule has 1 heterocycles. The van der Waals surface area contributed by atoms with E-state index < -0.39 is 11.8 Å². The van der Waals surface area contributed by atoms with Gasteiger partial charge in [0.1, 0.15) is 0 Å². The van der Waals surface area contributed by atoms with Crippen LogP contribution in [0.15, 0.2) is 23.1 Å². The highest BCUT2D eigenvalue weighted by Crippen LogP contribution is 2.30. The molecule has 6 heteroatoms. The third kappa shape index (κ3) is 4.46. The Morgan fingerprint density at radius 1 is 1.21 bits per heavy atom. The molecule has 0 spiro atoms. The van der Waals surface area contributed by atoms with Crippen LogP contribution in [0.2, 0.25) is 0 Å². The predicted octanol–water partition coefficient (Wildman–Crippen LogP) is 2.14. The summed E-state index contributed by atoms with van der Waals surface area (Å²) >= 11 is 0. The van der Waals surface area contributed by atoms with E-state index in [1.54, 1.807) is 6.20 Å². The lowest BCUT2D eigenvalue weighted by Gasteiger charge is -2.34. The molecule has 2 atom stereocenters. The minimum atomic E-state index is -0.690. The fourth-order valence-electron chi connectivity index (χ4n) is 3.41. The second kappa shape index (κ2) is 8.13. The standard InChI is InChI=1S/C18H27N3O3/c1-4-21-11-13(9-10-16(21)22)19-17(23)18(24)20-15-8-6-5-7-14(15)12(2)3/h9-12,14-15H,4-8H2,1-3H3,(H,19,23)(H,20,24)/t14-,15+/m1/s1. The Labute approximate surface area is 142 Å². The molecule has 0 bridgehead atoms. The van der Waals surface area contributed by atoms with Crippen LogP contribution in [0.1, 0.15) is 46.5 Å². The third-order valence-corrected chi connectivity index (χ3v) is 4.78. The zero-order valence-corrected chi connectivity index (χ0v) is 14.7. The number of nitrogens with zero attached hydrogens (tertiary/aromatic N) is 1. The number of hydrogen-bond acceptors (Lipinski definition) is 3. The Kier molecular flexibility index (Phi) is 6.17. The summed E-state index contributed by atoms with van der Waals surface area (Å²) in [6.45, 7) is 6.66. The molecule has 1 aromatic heterocycles. The summed E-state index contributed by atoms with van der Waals surface area (Å²) < 4.78 is 1.48. The minimum Gasteiger partial charge on any atom is -0.345 e. The smallest absolute Gasteiger partial charge is 0.313 e. The van der Waals surface area contributed by atoms with Crippen LogP contribution in [-0.4, -0.2) is 22.4 Å². The molecule has 132 valence electrons. The van der Waals surface area contributed by atoms with Crippen LogP contribution >= 0.6 is 0 Å². The number of rotatable bonds is 4. The van der Waals surface area contributed by atoms with E-state index in [0.29, 0.717) is 24.1 Å². The van der Waals surface area contributed by atoms with Crippen LogP contribution in [0.25, 0.3) is 0 Å². The lowest BCUT2D eigenvalue weighted by molar-refractivity contribution is -0.137. The van der Waals surface area contributed by atoms with E-state index in [9.17, 15) is 14.4 Å². The second-order valence-corrected chi connectivity index (χ2v) is 6.77. The van der Waals surface area contributed by atoms with E-state index in [4.69, 9.17) is 0 Å². The van der Waals surface area contributed by atoms with Crippen molar-refractivity contribution in [3.63, 3.8) is 0 Å². The zero-order chi connectivity index (χ0) is 17.7. The van der Waals surface area contributed by atoms with Crippen molar-refractivity contribution >= 4 is 17.5 Å². The summed E-state index contributed by atoms with van der Waals surface area (Å²) in [5.74, 6) is -0.407. The summed E-state index contributed by atoms with van der Waals surface area (Å²) in [6.07, 6.45) is 5.82. The first-order valence-electron chi connectivity index (χ1n) is 8.74. The molecule has 0 aliphatic heterocycles. The topological polar surface area (TPSA) is 80.2 Å². The van der Waals surface area contributed by atoms with Crippen molar-refractivity contribution in [1.29, 1.82) is 0 Å². The highest BCUT2D eigenvalue weighted by Gasteiger charge is 2.30. The molecule has 0 radical (unpaired) electrons. The number of carbonyl (C=O) groups is 2. The van der Waals surface area contributed by atoms with Gasteiger partial charge >= 0.3 is 11.8 Å². The van der Waals surface area contributed by atoms with Gasteiger partial charge in [0, 0.05) is 24.8 Å². The van der Waals surface area contributed by atoms with E-state index in [1.807, 2.05) is 6.92 Å². The predicted molar refractivity (Wildman–Crippen MR) is 93.7 cm³/mol. The van der Waals surface area contributed by atoms with E-state index >= 15 is 0 Å². The molecule has 6 nitrogen and oxygen atoms in total. The highest BCUT2D eigenvalue weighted by atomic mass is 16.2. The molecule has 1 aliphatic carbocycles. The van der Waals surface area contributed by atoms with Gasteiger partial charge in [0.2, 0.25) is 0 Å². The average molecular weight is 333 g/mol. The van der Waals surface area contributed by atoms with Gasteiger partial charge in [0.15, 0.2) is 0 Å². The number of amides is 2. The van der Waals surface area contributed by atoms with Gasteiger partial charge in [-0.3, -0.25) is 14.4 Å². The van der Waals surface area contributed by atoms with Crippen LogP contribution in [0, 0.1) is 11.8 Å². The van der Waals surface area contributed by atoms with Crippen LogP contribution in [0.3, 0.4) is 0 Å². The van der Waals surface area contributed by atoms with Gasteiger partial charge in [-0.2, -0.15) is 0 Å². The van der Waals surface area contributed by atoms with Crippen molar-refractivity contribution < 1.29 is 9.59 Å². The average Bonchev–Trinajstić information content (AvgIpc) is 2.56. The fourth-order valence-corrected chi connectivity index (χ4v) is 3.41. The van der Waals surface area contributed by atoms with E-state index in [1.165, 1.54) is 23.1 Å². The van der Waals surface area contributed by atoms with Crippen LogP contribution in [0.4, 0.5) is 5.69 Å². The summed E-state index contributed by atoms with van der Waals surface area (Å²) in [7, 11) is 0. The largest absolute Gasteiger partial charge is 0.345 e. The fraction of sp³-hybridized carbons (Fsp3) is 0.611. The zero-order valence-electron chi connectivity index (χ0n) is 14.7.